The van der Waals surface area contributed by atoms with Crippen molar-refractivity contribution in [1.29, 1.82) is 0 Å². The Kier molecular flexibility index (Phi) is 3.91. The molecule has 0 radical (unpaired) electrons. The summed E-state index contributed by atoms with van der Waals surface area (Å²) in [6.45, 7) is 3.70. The van der Waals surface area contributed by atoms with E-state index in [4.69, 9.17) is 4.74 Å². The van der Waals surface area contributed by atoms with Crippen molar-refractivity contribution in [1.82, 2.24) is 4.90 Å². The standard InChI is InChI=1S/C13H15F2NO2/c1-9(16-4-2-3-5-16)18-10-6-12(14)11(8-17)13(15)7-10/h6-9H,2-5H2,1H3. The van der Waals surface area contributed by atoms with E-state index in [0.717, 1.165) is 38.1 Å². The molecular formula is C13H15F2NO2. The SMILES string of the molecule is CC(Oc1cc(F)c(C=O)c(F)c1)N1CCCC1. The minimum atomic E-state index is -0.895. The highest BCUT2D eigenvalue weighted by Gasteiger charge is 2.20. The Hall–Kier alpha value is -1.49. The van der Waals surface area contributed by atoms with Gasteiger partial charge in [0.25, 0.3) is 0 Å². The summed E-state index contributed by atoms with van der Waals surface area (Å²) in [5, 5.41) is 0. The van der Waals surface area contributed by atoms with E-state index < -0.39 is 17.2 Å². The van der Waals surface area contributed by atoms with Crippen molar-refractivity contribution in [3.8, 4) is 5.75 Å². The summed E-state index contributed by atoms with van der Waals surface area (Å²) >= 11 is 0. The lowest BCUT2D eigenvalue weighted by Gasteiger charge is -2.24. The Bertz CT molecular complexity index is 422. The average molecular weight is 255 g/mol. The molecule has 1 heterocycles. The van der Waals surface area contributed by atoms with Crippen LogP contribution in [0.4, 0.5) is 8.78 Å². The van der Waals surface area contributed by atoms with Gasteiger partial charge in [0.15, 0.2) is 6.29 Å². The first kappa shape index (κ1) is 13.0. The van der Waals surface area contributed by atoms with Gasteiger partial charge in [0.05, 0.1) is 5.56 Å². The number of aldehydes is 1. The number of hydrogen-bond donors (Lipinski definition) is 0. The number of carbonyl (C=O) groups is 1. The van der Waals surface area contributed by atoms with Crippen molar-refractivity contribution in [2.24, 2.45) is 0 Å². The van der Waals surface area contributed by atoms with Crippen LogP contribution in [0.5, 0.6) is 5.75 Å². The van der Waals surface area contributed by atoms with E-state index in [9.17, 15) is 13.6 Å². The number of benzene rings is 1. The van der Waals surface area contributed by atoms with Crippen LogP contribution < -0.4 is 4.74 Å². The molecule has 1 unspecified atom stereocenters. The molecule has 1 aliphatic heterocycles. The van der Waals surface area contributed by atoms with E-state index in [1.807, 2.05) is 6.92 Å². The van der Waals surface area contributed by atoms with E-state index in [-0.39, 0.29) is 18.3 Å². The summed E-state index contributed by atoms with van der Waals surface area (Å²) in [4.78, 5) is 12.6. The van der Waals surface area contributed by atoms with Gasteiger partial charge in [0, 0.05) is 25.2 Å². The van der Waals surface area contributed by atoms with E-state index >= 15 is 0 Å². The monoisotopic (exact) mass is 255 g/mol. The molecular weight excluding hydrogens is 240 g/mol. The first-order chi connectivity index (χ1) is 8.61. The molecule has 18 heavy (non-hydrogen) atoms. The Balaban J connectivity index is 2.11. The van der Waals surface area contributed by atoms with E-state index in [1.54, 1.807) is 0 Å². The second-order valence-electron chi connectivity index (χ2n) is 4.38. The van der Waals surface area contributed by atoms with Crippen LogP contribution >= 0.6 is 0 Å². The van der Waals surface area contributed by atoms with Crippen LogP contribution in [0.2, 0.25) is 0 Å². The van der Waals surface area contributed by atoms with Crippen LogP contribution in [0.25, 0.3) is 0 Å². The van der Waals surface area contributed by atoms with Gasteiger partial charge in [-0.1, -0.05) is 0 Å². The molecule has 0 saturated carbocycles. The molecule has 1 saturated heterocycles. The summed E-state index contributed by atoms with van der Waals surface area (Å²) in [5.74, 6) is -1.68. The Morgan fingerprint density at radius 3 is 2.33 bits per heavy atom. The molecule has 1 atom stereocenters. The molecule has 0 amide bonds. The fourth-order valence-electron chi connectivity index (χ4n) is 2.12. The zero-order valence-electron chi connectivity index (χ0n) is 10.2. The van der Waals surface area contributed by atoms with Crippen LogP contribution in [0.15, 0.2) is 12.1 Å². The van der Waals surface area contributed by atoms with E-state index in [2.05, 4.69) is 4.90 Å². The Labute approximate surface area is 104 Å². The number of hydrogen-bond acceptors (Lipinski definition) is 3. The summed E-state index contributed by atoms with van der Waals surface area (Å²) < 4.78 is 32.2. The maximum absolute atomic E-state index is 13.4. The third-order valence-corrected chi connectivity index (χ3v) is 3.13. The molecule has 5 heteroatoms. The molecule has 0 spiro atoms. The van der Waals surface area contributed by atoms with Crippen molar-refractivity contribution in [2.45, 2.75) is 26.0 Å². The summed E-state index contributed by atoms with van der Waals surface area (Å²) in [5.41, 5.74) is -0.559. The molecule has 0 aliphatic carbocycles. The minimum Gasteiger partial charge on any atom is -0.475 e. The Morgan fingerprint density at radius 2 is 1.83 bits per heavy atom. The zero-order chi connectivity index (χ0) is 13.1. The minimum absolute atomic E-state index is 0.106. The van der Waals surface area contributed by atoms with E-state index in [0.29, 0.717) is 0 Å². The fraction of sp³-hybridized carbons (Fsp3) is 0.462. The molecule has 2 rings (SSSR count). The van der Waals surface area contributed by atoms with Crippen LogP contribution in [0.1, 0.15) is 30.1 Å². The number of nitrogens with zero attached hydrogens (tertiary/aromatic N) is 1. The third kappa shape index (κ3) is 2.67. The topological polar surface area (TPSA) is 29.5 Å². The fourth-order valence-corrected chi connectivity index (χ4v) is 2.12. The maximum atomic E-state index is 13.4. The lowest BCUT2D eigenvalue weighted by Crippen LogP contribution is -2.34. The predicted octanol–water partition coefficient (Wildman–Crippen LogP) is 2.60. The number of rotatable bonds is 4. The van der Waals surface area contributed by atoms with Gasteiger partial charge in [-0.3, -0.25) is 9.69 Å². The molecule has 1 aliphatic rings. The van der Waals surface area contributed by atoms with Crippen molar-refractivity contribution in [3.63, 3.8) is 0 Å². The molecule has 98 valence electrons. The van der Waals surface area contributed by atoms with Gasteiger partial charge < -0.3 is 4.74 Å². The van der Waals surface area contributed by atoms with Crippen molar-refractivity contribution >= 4 is 6.29 Å². The first-order valence-electron chi connectivity index (χ1n) is 5.96. The normalized spacial score (nSPS) is 17.7. The lowest BCUT2D eigenvalue weighted by molar-refractivity contribution is 0.0586. The molecule has 0 aromatic heterocycles. The molecule has 1 aromatic rings. The highest BCUT2D eigenvalue weighted by Crippen LogP contribution is 2.22. The molecule has 1 aromatic carbocycles. The smallest absolute Gasteiger partial charge is 0.155 e. The molecule has 1 fully saturated rings. The summed E-state index contributed by atoms with van der Waals surface area (Å²) in [6.07, 6.45) is 2.16. The van der Waals surface area contributed by atoms with Gasteiger partial charge in [0.2, 0.25) is 0 Å². The quantitative estimate of drug-likeness (QED) is 0.774. The van der Waals surface area contributed by atoms with Gasteiger partial charge in [-0.05, 0) is 19.8 Å². The first-order valence-corrected chi connectivity index (χ1v) is 5.96. The largest absolute Gasteiger partial charge is 0.475 e. The van der Waals surface area contributed by atoms with E-state index in [1.165, 1.54) is 0 Å². The zero-order valence-corrected chi connectivity index (χ0v) is 10.2. The Morgan fingerprint density at radius 1 is 1.28 bits per heavy atom. The summed E-state index contributed by atoms with van der Waals surface area (Å²) in [7, 11) is 0. The molecule has 0 N–H and O–H groups in total. The molecule has 0 bridgehead atoms. The third-order valence-electron chi connectivity index (χ3n) is 3.13. The lowest BCUT2D eigenvalue weighted by atomic mass is 10.2. The van der Waals surface area contributed by atoms with Gasteiger partial charge >= 0.3 is 0 Å². The highest BCUT2D eigenvalue weighted by atomic mass is 19.1. The number of ether oxygens (including phenoxy) is 1. The van der Waals surface area contributed by atoms with Gasteiger partial charge in [-0.2, -0.15) is 0 Å². The van der Waals surface area contributed by atoms with Crippen LogP contribution in [0, 0.1) is 11.6 Å². The van der Waals surface area contributed by atoms with Crippen LogP contribution in [-0.2, 0) is 0 Å². The van der Waals surface area contributed by atoms with Gasteiger partial charge in [0.1, 0.15) is 23.6 Å². The van der Waals surface area contributed by atoms with Crippen molar-refractivity contribution < 1.29 is 18.3 Å². The maximum Gasteiger partial charge on any atom is 0.155 e. The van der Waals surface area contributed by atoms with Crippen molar-refractivity contribution in [2.75, 3.05) is 13.1 Å². The predicted molar refractivity (Wildman–Crippen MR) is 62.6 cm³/mol. The average Bonchev–Trinajstić information content (AvgIpc) is 2.81. The number of carbonyl (C=O) groups excluding carboxylic acids is 1. The van der Waals surface area contributed by atoms with Crippen LogP contribution in [-0.4, -0.2) is 30.5 Å². The second kappa shape index (κ2) is 5.44. The molecule has 3 nitrogen and oxygen atoms in total. The summed E-state index contributed by atoms with van der Waals surface area (Å²) in [6, 6.07) is 2.08. The second-order valence-corrected chi connectivity index (χ2v) is 4.38. The van der Waals surface area contributed by atoms with Gasteiger partial charge in [-0.15, -0.1) is 0 Å². The number of likely N-dealkylation sites (tertiary alicyclic amines) is 1. The number of halogens is 2. The van der Waals surface area contributed by atoms with Crippen LogP contribution in [0.3, 0.4) is 0 Å². The van der Waals surface area contributed by atoms with Crippen molar-refractivity contribution in [3.05, 3.63) is 29.3 Å². The van der Waals surface area contributed by atoms with Gasteiger partial charge in [-0.25, -0.2) is 8.78 Å². The highest BCUT2D eigenvalue weighted by molar-refractivity contribution is 5.75.